The van der Waals surface area contributed by atoms with E-state index in [1.807, 2.05) is 42.5 Å². The van der Waals surface area contributed by atoms with Gasteiger partial charge in [0.2, 0.25) is 0 Å². The number of carbonyl (C=O) groups is 1. The number of nitrogens with one attached hydrogen (secondary N) is 2. The number of anilines is 3. The van der Waals surface area contributed by atoms with Gasteiger partial charge in [0.25, 0.3) is 0 Å². The number of carbonyl (C=O) groups excluding carboxylic acids is 1. The third-order valence-corrected chi connectivity index (χ3v) is 2.83. The molecule has 0 aliphatic carbocycles. The number of benzene rings is 2. The van der Waals surface area contributed by atoms with Crippen LogP contribution in [0.5, 0.6) is 0 Å². The van der Waals surface area contributed by atoms with Gasteiger partial charge >= 0.3 is 6.09 Å². The number of hydrogen-bond acceptors (Lipinski definition) is 3. The average molecular weight is 270 g/mol. The van der Waals surface area contributed by atoms with Gasteiger partial charge < -0.3 is 10.1 Å². The van der Waals surface area contributed by atoms with E-state index < -0.39 is 6.09 Å². The van der Waals surface area contributed by atoms with E-state index in [2.05, 4.69) is 23.6 Å². The maximum Gasteiger partial charge on any atom is 0.411 e. The van der Waals surface area contributed by atoms with Crippen LogP contribution < -0.4 is 10.6 Å². The van der Waals surface area contributed by atoms with Gasteiger partial charge in [-0.15, -0.1) is 0 Å². The number of ether oxygens (including phenoxy) is 1. The molecular weight excluding hydrogens is 252 g/mol. The van der Waals surface area contributed by atoms with Crippen molar-refractivity contribution in [3.05, 3.63) is 54.1 Å². The third-order valence-electron chi connectivity index (χ3n) is 2.83. The molecule has 0 heterocycles. The van der Waals surface area contributed by atoms with Gasteiger partial charge in [0.15, 0.2) is 0 Å². The minimum atomic E-state index is -0.438. The van der Waals surface area contributed by atoms with Crippen molar-refractivity contribution < 1.29 is 9.53 Å². The summed E-state index contributed by atoms with van der Waals surface area (Å²) >= 11 is 0. The van der Waals surface area contributed by atoms with Crippen molar-refractivity contribution in [2.45, 2.75) is 13.8 Å². The quantitative estimate of drug-likeness (QED) is 0.870. The largest absolute Gasteiger partial charge is 0.450 e. The van der Waals surface area contributed by atoms with Crippen LogP contribution in [0.25, 0.3) is 0 Å². The van der Waals surface area contributed by atoms with Crippen molar-refractivity contribution in [3.8, 4) is 0 Å². The zero-order valence-electron chi connectivity index (χ0n) is 11.6. The molecule has 0 atom stereocenters. The predicted molar refractivity (Wildman–Crippen MR) is 81.5 cm³/mol. The SMILES string of the molecule is CCOC(=O)Nc1ccc(Nc2ccccc2C)cc1. The highest BCUT2D eigenvalue weighted by atomic mass is 16.5. The minimum absolute atomic E-state index is 0.360. The Balaban J connectivity index is 2.02. The summed E-state index contributed by atoms with van der Waals surface area (Å²) in [6.45, 7) is 4.19. The fourth-order valence-corrected chi connectivity index (χ4v) is 1.79. The summed E-state index contributed by atoms with van der Waals surface area (Å²) in [6, 6.07) is 15.6. The molecule has 2 aromatic carbocycles. The van der Waals surface area contributed by atoms with E-state index in [1.54, 1.807) is 6.92 Å². The van der Waals surface area contributed by atoms with Gasteiger partial charge in [-0.1, -0.05) is 18.2 Å². The first-order valence-electron chi connectivity index (χ1n) is 6.55. The highest BCUT2D eigenvalue weighted by Gasteiger charge is 2.02. The second-order valence-corrected chi connectivity index (χ2v) is 4.36. The molecule has 2 aromatic rings. The molecular formula is C16H18N2O2. The standard InChI is InChI=1S/C16H18N2O2/c1-3-20-16(19)18-14-10-8-13(9-11-14)17-15-7-5-4-6-12(15)2/h4-11,17H,3H2,1-2H3,(H,18,19). The lowest BCUT2D eigenvalue weighted by Crippen LogP contribution is -2.13. The Hall–Kier alpha value is -2.49. The van der Waals surface area contributed by atoms with Crippen LogP contribution in [0.1, 0.15) is 12.5 Å². The van der Waals surface area contributed by atoms with Crippen molar-refractivity contribution in [1.82, 2.24) is 0 Å². The summed E-state index contributed by atoms with van der Waals surface area (Å²) in [5, 5.41) is 5.99. The number of para-hydroxylation sites is 1. The van der Waals surface area contributed by atoms with Gasteiger partial charge in [-0.25, -0.2) is 4.79 Å². The van der Waals surface area contributed by atoms with Crippen molar-refractivity contribution in [3.63, 3.8) is 0 Å². The molecule has 4 nitrogen and oxygen atoms in total. The molecule has 0 bridgehead atoms. The molecule has 0 saturated heterocycles. The third kappa shape index (κ3) is 3.75. The maximum absolute atomic E-state index is 11.3. The molecule has 0 fully saturated rings. The molecule has 20 heavy (non-hydrogen) atoms. The molecule has 0 saturated carbocycles. The number of amides is 1. The Kier molecular flexibility index (Phi) is 4.60. The molecule has 104 valence electrons. The summed E-state index contributed by atoms with van der Waals surface area (Å²) in [5.41, 5.74) is 3.92. The zero-order valence-corrected chi connectivity index (χ0v) is 11.6. The molecule has 4 heteroatoms. The number of hydrogen-bond donors (Lipinski definition) is 2. The van der Waals surface area contributed by atoms with Crippen LogP contribution in [0, 0.1) is 6.92 Å². The zero-order chi connectivity index (χ0) is 14.4. The Labute approximate surface area is 118 Å². The van der Waals surface area contributed by atoms with Gasteiger partial charge in [0, 0.05) is 17.1 Å². The van der Waals surface area contributed by atoms with Crippen LogP contribution >= 0.6 is 0 Å². The first kappa shape index (κ1) is 13.9. The lowest BCUT2D eigenvalue weighted by atomic mass is 10.2. The van der Waals surface area contributed by atoms with E-state index in [0.29, 0.717) is 12.3 Å². The first-order chi connectivity index (χ1) is 9.69. The molecule has 0 unspecified atom stereocenters. The molecule has 0 spiro atoms. The Bertz CT molecular complexity index is 579. The highest BCUT2D eigenvalue weighted by Crippen LogP contribution is 2.21. The van der Waals surface area contributed by atoms with E-state index >= 15 is 0 Å². The van der Waals surface area contributed by atoms with Crippen LogP contribution in [0.2, 0.25) is 0 Å². The molecule has 1 amide bonds. The van der Waals surface area contributed by atoms with Crippen molar-refractivity contribution in [1.29, 1.82) is 0 Å². The van der Waals surface area contributed by atoms with Crippen molar-refractivity contribution in [2.75, 3.05) is 17.2 Å². The van der Waals surface area contributed by atoms with Crippen LogP contribution in [0.15, 0.2) is 48.5 Å². The van der Waals surface area contributed by atoms with E-state index in [9.17, 15) is 4.79 Å². The molecule has 0 aromatic heterocycles. The summed E-state index contributed by atoms with van der Waals surface area (Å²) in [5.74, 6) is 0. The molecule has 0 aliphatic rings. The fourth-order valence-electron chi connectivity index (χ4n) is 1.79. The maximum atomic E-state index is 11.3. The van der Waals surface area contributed by atoms with Crippen LogP contribution in [0.4, 0.5) is 21.9 Å². The van der Waals surface area contributed by atoms with E-state index in [0.717, 1.165) is 11.4 Å². The van der Waals surface area contributed by atoms with E-state index in [1.165, 1.54) is 5.56 Å². The number of rotatable bonds is 4. The fraction of sp³-hybridized carbons (Fsp3) is 0.188. The van der Waals surface area contributed by atoms with Gasteiger partial charge in [-0.05, 0) is 49.7 Å². The minimum Gasteiger partial charge on any atom is -0.450 e. The average Bonchev–Trinajstić information content (AvgIpc) is 2.44. The van der Waals surface area contributed by atoms with Crippen LogP contribution in [-0.4, -0.2) is 12.7 Å². The Morgan fingerprint density at radius 2 is 1.70 bits per heavy atom. The molecule has 2 N–H and O–H groups in total. The van der Waals surface area contributed by atoms with Crippen molar-refractivity contribution >= 4 is 23.2 Å². The van der Waals surface area contributed by atoms with Gasteiger partial charge in [0.05, 0.1) is 6.61 Å². The highest BCUT2D eigenvalue weighted by molar-refractivity contribution is 5.85. The van der Waals surface area contributed by atoms with Gasteiger partial charge in [-0.2, -0.15) is 0 Å². The lowest BCUT2D eigenvalue weighted by Gasteiger charge is -2.10. The smallest absolute Gasteiger partial charge is 0.411 e. The lowest BCUT2D eigenvalue weighted by molar-refractivity contribution is 0.168. The van der Waals surface area contributed by atoms with E-state index in [4.69, 9.17) is 4.74 Å². The van der Waals surface area contributed by atoms with Crippen molar-refractivity contribution in [2.24, 2.45) is 0 Å². The summed E-state index contributed by atoms with van der Waals surface area (Å²) in [7, 11) is 0. The monoisotopic (exact) mass is 270 g/mol. The van der Waals surface area contributed by atoms with Gasteiger partial charge in [-0.3, -0.25) is 5.32 Å². The predicted octanol–water partition coefficient (Wildman–Crippen LogP) is 4.31. The molecule has 2 rings (SSSR count). The number of aryl methyl sites for hydroxylation is 1. The Morgan fingerprint density at radius 3 is 2.35 bits per heavy atom. The summed E-state index contributed by atoms with van der Waals surface area (Å²) in [4.78, 5) is 11.3. The summed E-state index contributed by atoms with van der Waals surface area (Å²) < 4.78 is 4.82. The summed E-state index contributed by atoms with van der Waals surface area (Å²) in [6.07, 6.45) is -0.438. The van der Waals surface area contributed by atoms with Crippen LogP contribution in [0.3, 0.4) is 0 Å². The Morgan fingerprint density at radius 1 is 1.05 bits per heavy atom. The molecule has 0 radical (unpaired) electrons. The second kappa shape index (κ2) is 6.61. The van der Waals surface area contributed by atoms with E-state index in [-0.39, 0.29) is 0 Å². The van der Waals surface area contributed by atoms with Gasteiger partial charge in [0.1, 0.15) is 0 Å². The first-order valence-corrected chi connectivity index (χ1v) is 6.55. The topological polar surface area (TPSA) is 50.4 Å². The second-order valence-electron chi connectivity index (χ2n) is 4.36. The van der Waals surface area contributed by atoms with Crippen LogP contribution in [-0.2, 0) is 4.74 Å². The molecule has 0 aliphatic heterocycles. The normalized spacial score (nSPS) is 9.90.